The molecule has 0 saturated carbocycles. The SMILES string of the molecule is Cc1ccccc1-n1nnnc1SCC(=O)Nc1ccc2oc3ccccc3c2c1. The van der Waals surface area contributed by atoms with Gasteiger partial charge in [0.25, 0.3) is 0 Å². The molecule has 0 saturated heterocycles. The first-order chi connectivity index (χ1) is 14.7. The van der Waals surface area contributed by atoms with E-state index in [-0.39, 0.29) is 11.7 Å². The maximum Gasteiger partial charge on any atom is 0.234 e. The van der Waals surface area contributed by atoms with Crippen LogP contribution < -0.4 is 5.32 Å². The van der Waals surface area contributed by atoms with Crippen LogP contribution in [0.4, 0.5) is 5.69 Å². The highest BCUT2D eigenvalue weighted by atomic mass is 32.2. The van der Waals surface area contributed by atoms with Crippen molar-refractivity contribution in [3.05, 3.63) is 72.3 Å². The first-order valence-electron chi connectivity index (χ1n) is 9.37. The summed E-state index contributed by atoms with van der Waals surface area (Å²) in [7, 11) is 0. The molecule has 3 aromatic carbocycles. The van der Waals surface area contributed by atoms with Crippen molar-refractivity contribution in [3.63, 3.8) is 0 Å². The number of nitrogens with zero attached hydrogens (tertiary/aromatic N) is 4. The number of furan rings is 1. The summed E-state index contributed by atoms with van der Waals surface area (Å²) in [6.45, 7) is 1.99. The topological polar surface area (TPSA) is 85.8 Å². The van der Waals surface area contributed by atoms with Gasteiger partial charge >= 0.3 is 0 Å². The molecular weight excluding hydrogens is 398 g/mol. The highest BCUT2D eigenvalue weighted by molar-refractivity contribution is 7.99. The molecule has 0 bridgehead atoms. The minimum Gasteiger partial charge on any atom is -0.456 e. The van der Waals surface area contributed by atoms with Crippen molar-refractivity contribution in [1.82, 2.24) is 20.2 Å². The van der Waals surface area contributed by atoms with Crippen LogP contribution in [0.15, 0.2) is 76.3 Å². The van der Waals surface area contributed by atoms with E-state index in [1.165, 1.54) is 11.8 Å². The van der Waals surface area contributed by atoms with Gasteiger partial charge in [-0.1, -0.05) is 48.2 Å². The Morgan fingerprint density at radius 2 is 1.83 bits per heavy atom. The standard InChI is InChI=1S/C22H17N5O2S/c1-14-6-2-4-8-18(14)27-22(24-25-26-27)30-13-21(28)23-15-10-11-20-17(12-15)16-7-3-5-9-19(16)29-20/h2-12H,13H2,1H3,(H,23,28). The Morgan fingerprint density at radius 3 is 2.73 bits per heavy atom. The number of rotatable bonds is 5. The average Bonchev–Trinajstić information content (AvgIpc) is 3.37. The number of nitrogens with one attached hydrogen (secondary N) is 1. The molecule has 148 valence electrons. The second-order valence-corrected chi connectivity index (χ2v) is 7.75. The fourth-order valence-electron chi connectivity index (χ4n) is 3.35. The Bertz CT molecular complexity index is 1370. The number of benzene rings is 3. The van der Waals surface area contributed by atoms with Gasteiger partial charge < -0.3 is 9.73 Å². The van der Waals surface area contributed by atoms with E-state index in [4.69, 9.17) is 4.42 Å². The molecule has 0 radical (unpaired) electrons. The summed E-state index contributed by atoms with van der Waals surface area (Å²) >= 11 is 1.29. The number of carbonyl (C=O) groups excluding carboxylic acids is 1. The van der Waals surface area contributed by atoms with Gasteiger partial charge in [-0.3, -0.25) is 4.79 Å². The summed E-state index contributed by atoms with van der Waals surface area (Å²) in [5, 5.41) is 17.4. The van der Waals surface area contributed by atoms with Gasteiger partial charge in [0.05, 0.1) is 11.4 Å². The number of carbonyl (C=O) groups is 1. The van der Waals surface area contributed by atoms with Crippen LogP contribution in [0.2, 0.25) is 0 Å². The summed E-state index contributed by atoms with van der Waals surface area (Å²) in [4.78, 5) is 12.5. The fraction of sp³-hybridized carbons (Fsp3) is 0.0909. The Morgan fingerprint density at radius 1 is 1.03 bits per heavy atom. The Hall–Kier alpha value is -3.65. The monoisotopic (exact) mass is 415 g/mol. The number of tetrazole rings is 1. The van der Waals surface area contributed by atoms with E-state index in [0.717, 1.165) is 38.9 Å². The zero-order chi connectivity index (χ0) is 20.5. The van der Waals surface area contributed by atoms with E-state index in [1.807, 2.05) is 73.7 Å². The molecule has 8 heteroatoms. The number of amides is 1. The van der Waals surface area contributed by atoms with Gasteiger partial charge in [-0.2, -0.15) is 4.68 Å². The lowest BCUT2D eigenvalue weighted by Gasteiger charge is -2.07. The van der Waals surface area contributed by atoms with E-state index in [1.54, 1.807) is 4.68 Å². The van der Waals surface area contributed by atoms with Crippen LogP contribution in [0.25, 0.3) is 27.6 Å². The number of hydrogen-bond donors (Lipinski definition) is 1. The average molecular weight is 415 g/mol. The molecular formula is C22H17N5O2S. The number of fused-ring (bicyclic) bond motifs is 3. The van der Waals surface area contributed by atoms with Gasteiger partial charge in [0.1, 0.15) is 11.2 Å². The van der Waals surface area contributed by atoms with Gasteiger partial charge in [-0.05, 0) is 53.2 Å². The van der Waals surface area contributed by atoms with Crippen LogP contribution in [0.5, 0.6) is 0 Å². The van der Waals surface area contributed by atoms with Crippen LogP contribution in [0.1, 0.15) is 5.56 Å². The lowest BCUT2D eigenvalue weighted by molar-refractivity contribution is -0.113. The number of para-hydroxylation sites is 2. The first kappa shape index (κ1) is 18.4. The molecule has 0 fully saturated rings. The zero-order valence-electron chi connectivity index (χ0n) is 16.1. The van der Waals surface area contributed by atoms with Crippen LogP contribution in [-0.2, 0) is 4.79 Å². The van der Waals surface area contributed by atoms with Crippen molar-refractivity contribution < 1.29 is 9.21 Å². The molecule has 5 rings (SSSR count). The van der Waals surface area contributed by atoms with Gasteiger partial charge in [0.15, 0.2) is 0 Å². The van der Waals surface area contributed by atoms with Gasteiger partial charge in [0.2, 0.25) is 11.1 Å². The summed E-state index contributed by atoms with van der Waals surface area (Å²) < 4.78 is 7.48. The first-order valence-corrected chi connectivity index (χ1v) is 10.4. The maximum absolute atomic E-state index is 12.5. The summed E-state index contributed by atoms with van der Waals surface area (Å²) in [5.41, 5.74) is 4.29. The number of aryl methyl sites for hydroxylation is 1. The zero-order valence-corrected chi connectivity index (χ0v) is 16.9. The quantitative estimate of drug-likeness (QED) is 0.422. The van der Waals surface area contributed by atoms with E-state index in [0.29, 0.717) is 5.16 Å². The van der Waals surface area contributed by atoms with Gasteiger partial charge in [-0.25, -0.2) is 0 Å². The molecule has 0 unspecified atom stereocenters. The predicted octanol–water partition coefficient (Wildman–Crippen LogP) is 4.60. The lowest BCUT2D eigenvalue weighted by atomic mass is 10.1. The molecule has 30 heavy (non-hydrogen) atoms. The molecule has 7 nitrogen and oxygen atoms in total. The summed E-state index contributed by atoms with van der Waals surface area (Å²) in [5.74, 6) is 0.0580. The van der Waals surface area contributed by atoms with Crippen molar-refractivity contribution in [3.8, 4) is 5.69 Å². The third-order valence-electron chi connectivity index (χ3n) is 4.78. The minimum atomic E-state index is -0.133. The van der Waals surface area contributed by atoms with E-state index >= 15 is 0 Å². The number of thioether (sulfide) groups is 1. The highest BCUT2D eigenvalue weighted by Gasteiger charge is 2.14. The smallest absolute Gasteiger partial charge is 0.234 e. The molecule has 2 aromatic heterocycles. The second-order valence-electron chi connectivity index (χ2n) is 6.81. The van der Waals surface area contributed by atoms with Gasteiger partial charge in [0, 0.05) is 16.5 Å². The Labute approximate surface area is 176 Å². The third-order valence-corrected chi connectivity index (χ3v) is 5.70. The fourth-order valence-corrected chi connectivity index (χ4v) is 4.04. The summed E-state index contributed by atoms with van der Waals surface area (Å²) in [6.07, 6.45) is 0. The third kappa shape index (κ3) is 3.42. The molecule has 0 aliphatic heterocycles. The van der Waals surface area contributed by atoms with E-state index in [9.17, 15) is 4.79 Å². The van der Waals surface area contributed by atoms with Crippen molar-refractivity contribution in [2.75, 3.05) is 11.1 Å². The number of hydrogen-bond acceptors (Lipinski definition) is 6. The molecule has 5 aromatic rings. The Kier molecular flexibility index (Phi) is 4.68. The van der Waals surface area contributed by atoms with Crippen molar-refractivity contribution in [2.24, 2.45) is 0 Å². The molecule has 1 N–H and O–H groups in total. The van der Waals surface area contributed by atoms with E-state index in [2.05, 4.69) is 20.8 Å². The van der Waals surface area contributed by atoms with Crippen LogP contribution >= 0.6 is 11.8 Å². The molecule has 0 spiro atoms. The van der Waals surface area contributed by atoms with Crippen molar-refractivity contribution in [1.29, 1.82) is 0 Å². The van der Waals surface area contributed by atoms with Crippen LogP contribution in [0.3, 0.4) is 0 Å². The second kappa shape index (κ2) is 7.64. The van der Waals surface area contributed by atoms with E-state index < -0.39 is 0 Å². The summed E-state index contributed by atoms with van der Waals surface area (Å²) in [6, 6.07) is 21.3. The van der Waals surface area contributed by atoms with Crippen molar-refractivity contribution in [2.45, 2.75) is 12.1 Å². The largest absolute Gasteiger partial charge is 0.456 e. The number of aromatic nitrogens is 4. The van der Waals surface area contributed by atoms with Crippen LogP contribution in [-0.4, -0.2) is 31.9 Å². The predicted molar refractivity (Wildman–Crippen MR) is 117 cm³/mol. The molecule has 1 amide bonds. The maximum atomic E-state index is 12.5. The molecule has 0 aliphatic carbocycles. The molecule has 2 heterocycles. The van der Waals surface area contributed by atoms with Gasteiger partial charge in [-0.15, -0.1) is 5.10 Å². The normalized spacial score (nSPS) is 11.2. The molecule has 0 atom stereocenters. The molecule has 0 aliphatic rings. The minimum absolute atomic E-state index is 0.133. The highest BCUT2D eigenvalue weighted by Crippen LogP contribution is 2.30. The lowest BCUT2D eigenvalue weighted by Crippen LogP contribution is -2.14. The van der Waals surface area contributed by atoms with Crippen LogP contribution in [0, 0.1) is 6.92 Å². The Balaban J connectivity index is 1.31. The van der Waals surface area contributed by atoms with Crippen molar-refractivity contribution >= 4 is 45.3 Å². The number of anilines is 1.